The first-order chi connectivity index (χ1) is 39.0. The van der Waals surface area contributed by atoms with Gasteiger partial charge in [0.1, 0.15) is 28.6 Å². The normalized spacial score (nSPS) is 12.6. The second-order valence-electron chi connectivity index (χ2n) is 25.9. The number of anilines is 6. The summed E-state index contributed by atoms with van der Waals surface area (Å²) in [4.78, 5) is 6.28. The van der Waals surface area contributed by atoms with Gasteiger partial charge in [0.15, 0.2) is 16.7 Å². The average molecular weight is 1080 g/mol. The largest absolute Gasteiger partial charge is 0.454 e. The first-order valence-corrected chi connectivity index (χ1v) is 28.5. The molecule has 0 N–H and O–H groups in total. The van der Waals surface area contributed by atoms with Crippen LogP contribution in [0.25, 0.3) is 65.8 Å². The molecule has 9 aromatic carbocycles. The molecule has 8 heteroatoms. The molecule has 0 atom stereocenters. The molecule has 0 unspecified atom stereocenters. The molecule has 3 aromatic heterocycles. The highest BCUT2D eigenvalue weighted by Gasteiger charge is 2.33. The zero-order valence-corrected chi connectivity index (χ0v) is 49.5. The van der Waals surface area contributed by atoms with Crippen molar-refractivity contribution in [3.63, 3.8) is 0 Å². The van der Waals surface area contributed by atoms with Crippen molar-refractivity contribution in [1.29, 1.82) is 5.26 Å². The van der Waals surface area contributed by atoms with E-state index in [1.165, 1.54) is 11.6 Å². The van der Waals surface area contributed by atoms with E-state index in [1.807, 2.05) is 55.4 Å². The lowest BCUT2D eigenvalue weighted by molar-refractivity contribution is 0.514. The molecule has 0 amide bonds. The van der Waals surface area contributed by atoms with Gasteiger partial charge in [-0.2, -0.15) is 5.26 Å². The first kappa shape index (κ1) is 53.8. The van der Waals surface area contributed by atoms with Gasteiger partial charge in [0.25, 0.3) is 0 Å². The lowest BCUT2D eigenvalue weighted by Gasteiger charge is -2.29. The van der Waals surface area contributed by atoms with Crippen LogP contribution in [-0.4, -0.2) is 21.1 Å². The van der Waals surface area contributed by atoms with Gasteiger partial charge < -0.3 is 28.0 Å². The van der Waals surface area contributed by atoms with Crippen molar-refractivity contribution >= 4 is 99.9 Å². The molecule has 0 saturated heterocycles. The number of rotatable bonds is 12. The molecule has 412 valence electrons. The zero-order valence-electron chi connectivity index (χ0n) is 49.5. The van der Waals surface area contributed by atoms with E-state index >= 15 is 4.39 Å². The summed E-state index contributed by atoms with van der Waals surface area (Å²) in [6.07, 6.45) is 1.31. The minimum absolute atomic E-state index is 0.0547. The van der Waals surface area contributed by atoms with Gasteiger partial charge in [-0.15, -0.1) is 0 Å². The van der Waals surface area contributed by atoms with Gasteiger partial charge in [0.2, 0.25) is 0 Å². The van der Waals surface area contributed by atoms with Crippen molar-refractivity contribution in [2.45, 2.75) is 104 Å². The monoisotopic (exact) mass is 1080 g/mol. The quantitative estimate of drug-likeness (QED) is 0.121. The van der Waals surface area contributed by atoms with E-state index in [2.05, 4.69) is 213 Å². The third-order valence-electron chi connectivity index (χ3n) is 17.1. The number of para-hydroxylation sites is 7. The standard InChI is InChI=1S/C74H71FN4O3/c1-71(2,3)54-29-15-18-35-60(54)78(12)62-37-23-28-49-48-25-21-31-56(66(48)81-68(49)62)73(7,8)43-46-39-53-51-27-22-32-57(67(51)82-70(53)64(41-46)79(13)61-36-19-16-33-58(61)75)74(9,10)42-45-38-52-50-26-20-30-55(72(4,5)6)65(50)80-69(52)63(40-45)77(11)59-34-17-14-24-47(59)44-76/h14-41H,42-43H2,1-13H3. The van der Waals surface area contributed by atoms with Crippen molar-refractivity contribution in [3.8, 4) is 6.07 Å². The molecule has 0 aliphatic carbocycles. The molecular weight excluding hydrogens is 1010 g/mol. The molecule has 0 saturated carbocycles. The number of hydrogen-bond donors (Lipinski definition) is 0. The first-order valence-electron chi connectivity index (χ1n) is 28.5. The van der Waals surface area contributed by atoms with Gasteiger partial charge in [-0.1, -0.05) is 178 Å². The van der Waals surface area contributed by atoms with E-state index in [9.17, 15) is 5.26 Å². The van der Waals surface area contributed by atoms with Gasteiger partial charge >= 0.3 is 0 Å². The Bertz CT molecular complexity index is 4530. The van der Waals surface area contributed by atoms with Crippen LogP contribution in [0, 0.1) is 17.1 Å². The summed E-state index contributed by atoms with van der Waals surface area (Å²) < 4.78 is 37.3. The molecule has 0 radical (unpaired) electrons. The minimum atomic E-state index is -0.462. The van der Waals surface area contributed by atoms with E-state index in [-0.39, 0.29) is 16.6 Å². The molecule has 0 fully saturated rings. The third kappa shape index (κ3) is 9.11. The molecule has 0 aliphatic rings. The van der Waals surface area contributed by atoms with Crippen LogP contribution >= 0.6 is 0 Å². The van der Waals surface area contributed by atoms with Gasteiger partial charge in [-0.05, 0) is 112 Å². The van der Waals surface area contributed by atoms with Gasteiger partial charge in [0, 0.05) is 75.8 Å². The summed E-state index contributed by atoms with van der Waals surface area (Å²) in [6.45, 7) is 22.6. The minimum Gasteiger partial charge on any atom is -0.454 e. The van der Waals surface area contributed by atoms with E-state index in [0.717, 1.165) is 116 Å². The van der Waals surface area contributed by atoms with E-state index in [1.54, 1.807) is 6.07 Å². The van der Waals surface area contributed by atoms with Crippen LogP contribution in [-0.2, 0) is 34.5 Å². The maximum Gasteiger partial charge on any atom is 0.159 e. The topological polar surface area (TPSA) is 72.9 Å². The molecule has 0 aliphatic heterocycles. The van der Waals surface area contributed by atoms with Gasteiger partial charge in [-0.3, -0.25) is 0 Å². The number of benzene rings is 9. The number of fused-ring (bicyclic) bond motifs is 9. The fourth-order valence-electron chi connectivity index (χ4n) is 12.9. The maximum absolute atomic E-state index is 16.0. The summed E-state index contributed by atoms with van der Waals surface area (Å²) in [6, 6.07) is 60.5. The molecule has 0 spiro atoms. The lowest BCUT2D eigenvalue weighted by Crippen LogP contribution is -2.21. The number of furan rings is 3. The van der Waals surface area contributed by atoms with E-state index < -0.39 is 10.8 Å². The second-order valence-corrected chi connectivity index (χ2v) is 25.9. The van der Waals surface area contributed by atoms with Gasteiger partial charge in [0.05, 0.1) is 34.0 Å². The Morgan fingerprint density at radius 2 is 0.732 bits per heavy atom. The third-order valence-corrected chi connectivity index (χ3v) is 17.1. The predicted octanol–water partition coefficient (Wildman–Crippen LogP) is 20.3. The van der Waals surface area contributed by atoms with E-state index in [4.69, 9.17) is 13.3 Å². The van der Waals surface area contributed by atoms with Crippen molar-refractivity contribution in [1.82, 2.24) is 0 Å². The average Bonchev–Trinajstić information content (AvgIpc) is 2.20. The van der Waals surface area contributed by atoms with Crippen LogP contribution < -0.4 is 14.7 Å². The fraction of sp³-hybridized carbons (Fsp3) is 0.257. The summed E-state index contributed by atoms with van der Waals surface area (Å²) in [5.41, 5.74) is 16.2. The number of hydrogen-bond acceptors (Lipinski definition) is 7. The summed E-state index contributed by atoms with van der Waals surface area (Å²) >= 11 is 0. The Kier molecular flexibility index (Phi) is 13.0. The van der Waals surface area contributed by atoms with Crippen molar-refractivity contribution in [3.05, 3.63) is 215 Å². The molecule has 12 aromatic rings. The highest BCUT2D eigenvalue weighted by atomic mass is 19.1. The summed E-state index contributed by atoms with van der Waals surface area (Å²) in [5, 5.41) is 16.5. The van der Waals surface area contributed by atoms with E-state index in [0.29, 0.717) is 29.7 Å². The molecule has 0 bridgehead atoms. The SMILES string of the molecule is CN(c1ccccc1C#N)c1cc(CC(C)(C)c2cccc3c2oc2c(N(C)c4ccccc4F)cc(CC(C)(C)c4cccc5c4oc4c(N(C)c6ccccc6C(C)(C)C)cccc45)cc23)cc2c1oc1c(C(C)(C)C)cccc12. The Morgan fingerprint density at radius 3 is 1.24 bits per heavy atom. The van der Waals surface area contributed by atoms with Crippen LogP contribution in [0.2, 0.25) is 0 Å². The van der Waals surface area contributed by atoms with Gasteiger partial charge in [-0.25, -0.2) is 4.39 Å². The van der Waals surface area contributed by atoms with Crippen LogP contribution in [0.1, 0.15) is 108 Å². The fourth-order valence-corrected chi connectivity index (χ4v) is 12.9. The van der Waals surface area contributed by atoms with Crippen molar-refractivity contribution < 1.29 is 17.6 Å². The number of nitrogens with zero attached hydrogens (tertiary/aromatic N) is 4. The summed E-state index contributed by atoms with van der Waals surface area (Å²) in [5.74, 6) is -0.316. The smallest absolute Gasteiger partial charge is 0.159 e. The maximum atomic E-state index is 16.0. The molecule has 82 heavy (non-hydrogen) atoms. The lowest BCUT2D eigenvalue weighted by atomic mass is 9.77. The van der Waals surface area contributed by atoms with Crippen LogP contribution in [0.4, 0.5) is 38.5 Å². The molecule has 7 nitrogen and oxygen atoms in total. The Morgan fingerprint density at radius 1 is 0.366 bits per heavy atom. The Balaban J connectivity index is 0.973. The Hall–Kier alpha value is -8.80. The Labute approximate surface area is 480 Å². The highest BCUT2D eigenvalue weighted by molar-refractivity contribution is 6.13. The predicted molar refractivity (Wildman–Crippen MR) is 340 cm³/mol. The molecular formula is C74H71FN4O3. The van der Waals surface area contributed by atoms with Crippen molar-refractivity contribution in [2.75, 3.05) is 35.8 Å². The zero-order chi connectivity index (χ0) is 57.8. The van der Waals surface area contributed by atoms with Crippen LogP contribution in [0.15, 0.2) is 183 Å². The van der Waals surface area contributed by atoms with Crippen LogP contribution in [0.3, 0.4) is 0 Å². The molecule has 3 heterocycles. The summed E-state index contributed by atoms with van der Waals surface area (Å²) in [7, 11) is 6.07. The molecule has 12 rings (SSSR count). The second kappa shape index (κ2) is 19.7. The highest BCUT2D eigenvalue weighted by Crippen LogP contribution is 2.48. The van der Waals surface area contributed by atoms with Crippen molar-refractivity contribution in [2.24, 2.45) is 0 Å². The van der Waals surface area contributed by atoms with Crippen LogP contribution in [0.5, 0.6) is 0 Å². The number of halogens is 1. The number of nitriles is 1.